The number of carbonyl (C=O) groups excluding carboxylic acids is 1. The first-order valence-corrected chi connectivity index (χ1v) is 4.96. The monoisotopic (exact) mass is 208 g/mol. The van der Waals surface area contributed by atoms with E-state index in [9.17, 15) is 9.59 Å². The Morgan fingerprint density at radius 2 is 2.20 bits per heavy atom. The quantitative estimate of drug-likeness (QED) is 0.786. The fourth-order valence-corrected chi connectivity index (χ4v) is 1.06. The second-order valence-electron chi connectivity index (χ2n) is 4.11. The molecule has 2 N–H and O–H groups in total. The van der Waals surface area contributed by atoms with Crippen molar-refractivity contribution in [2.75, 3.05) is 0 Å². The minimum absolute atomic E-state index is 0.152. The van der Waals surface area contributed by atoms with E-state index in [0.29, 0.717) is 0 Å². The lowest BCUT2D eigenvalue weighted by Gasteiger charge is -2.24. The summed E-state index contributed by atoms with van der Waals surface area (Å²) in [5, 5.41) is 2.80. The molecule has 1 aromatic heterocycles. The van der Waals surface area contributed by atoms with Crippen molar-refractivity contribution in [3.8, 4) is 0 Å². The molecule has 4 nitrogen and oxygen atoms in total. The van der Waals surface area contributed by atoms with E-state index in [4.69, 9.17) is 0 Å². The Hall–Kier alpha value is -1.58. The molecule has 0 aliphatic rings. The van der Waals surface area contributed by atoms with Crippen LogP contribution in [0.3, 0.4) is 0 Å². The number of rotatable bonds is 3. The van der Waals surface area contributed by atoms with Crippen molar-refractivity contribution in [2.24, 2.45) is 0 Å². The summed E-state index contributed by atoms with van der Waals surface area (Å²) < 4.78 is 0. The molecule has 0 aliphatic carbocycles. The van der Waals surface area contributed by atoms with Crippen molar-refractivity contribution in [3.05, 3.63) is 34.2 Å². The van der Waals surface area contributed by atoms with E-state index >= 15 is 0 Å². The molecule has 0 atom stereocenters. The second kappa shape index (κ2) is 4.29. The van der Waals surface area contributed by atoms with Gasteiger partial charge in [0.25, 0.3) is 5.91 Å². The van der Waals surface area contributed by atoms with Gasteiger partial charge in [0, 0.05) is 24.0 Å². The predicted octanol–water partition coefficient (Wildman–Crippen LogP) is 1.29. The molecule has 4 heteroatoms. The summed E-state index contributed by atoms with van der Waals surface area (Å²) in [6.45, 7) is 5.82. The van der Waals surface area contributed by atoms with Crippen LogP contribution in [0.15, 0.2) is 23.3 Å². The molecule has 0 bridgehead atoms. The van der Waals surface area contributed by atoms with Gasteiger partial charge in [0.15, 0.2) is 5.43 Å². The van der Waals surface area contributed by atoms with Gasteiger partial charge >= 0.3 is 0 Å². The van der Waals surface area contributed by atoms with Crippen LogP contribution in [-0.2, 0) is 0 Å². The number of aromatic nitrogens is 1. The van der Waals surface area contributed by atoms with Gasteiger partial charge in [-0.1, -0.05) is 6.92 Å². The summed E-state index contributed by atoms with van der Waals surface area (Å²) >= 11 is 0. The number of nitrogens with one attached hydrogen (secondary N) is 2. The van der Waals surface area contributed by atoms with Crippen LogP contribution in [0.5, 0.6) is 0 Å². The Morgan fingerprint density at radius 1 is 1.53 bits per heavy atom. The van der Waals surface area contributed by atoms with Gasteiger partial charge in [-0.15, -0.1) is 0 Å². The molecule has 82 valence electrons. The molecule has 0 saturated carbocycles. The fourth-order valence-electron chi connectivity index (χ4n) is 1.06. The molecule has 0 radical (unpaired) electrons. The lowest BCUT2D eigenvalue weighted by molar-refractivity contribution is 0.0910. The Morgan fingerprint density at radius 3 is 2.73 bits per heavy atom. The van der Waals surface area contributed by atoms with Crippen molar-refractivity contribution in [3.63, 3.8) is 0 Å². The molecule has 0 unspecified atom stereocenters. The summed E-state index contributed by atoms with van der Waals surface area (Å²) in [6.07, 6.45) is 3.73. The number of hydrogen-bond donors (Lipinski definition) is 2. The zero-order valence-electron chi connectivity index (χ0n) is 9.26. The third kappa shape index (κ3) is 2.94. The molecule has 1 heterocycles. The van der Waals surface area contributed by atoms with Gasteiger partial charge in [-0.05, 0) is 20.3 Å². The average molecular weight is 208 g/mol. The molecule has 15 heavy (non-hydrogen) atoms. The Bertz CT molecular complexity index is 407. The Balaban J connectivity index is 2.88. The van der Waals surface area contributed by atoms with Gasteiger partial charge in [0.1, 0.15) is 5.56 Å². The lowest BCUT2D eigenvalue weighted by Crippen LogP contribution is -2.44. The maximum absolute atomic E-state index is 11.7. The Labute approximate surface area is 88.7 Å². The van der Waals surface area contributed by atoms with Crippen LogP contribution >= 0.6 is 0 Å². The van der Waals surface area contributed by atoms with Crippen molar-refractivity contribution < 1.29 is 4.79 Å². The third-order valence-electron chi connectivity index (χ3n) is 2.40. The normalized spacial score (nSPS) is 11.1. The van der Waals surface area contributed by atoms with Gasteiger partial charge in [0.2, 0.25) is 0 Å². The number of hydrogen-bond acceptors (Lipinski definition) is 2. The minimum atomic E-state index is -0.330. The zero-order chi connectivity index (χ0) is 11.5. The summed E-state index contributed by atoms with van der Waals surface area (Å²) in [6, 6.07) is 1.34. The van der Waals surface area contributed by atoms with Gasteiger partial charge in [-0.25, -0.2) is 0 Å². The zero-order valence-corrected chi connectivity index (χ0v) is 9.26. The highest BCUT2D eigenvalue weighted by atomic mass is 16.2. The van der Waals surface area contributed by atoms with Crippen LogP contribution in [0.1, 0.15) is 37.6 Å². The second-order valence-corrected chi connectivity index (χ2v) is 4.11. The topological polar surface area (TPSA) is 62.0 Å². The maximum atomic E-state index is 11.7. The van der Waals surface area contributed by atoms with E-state index in [1.165, 1.54) is 18.5 Å². The van der Waals surface area contributed by atoms with Crippen LogP contribution in [0, 0.1) is 0 Å². The molecule has 1 rings (SSSR count). The summed E-state index contributed by atoms with van der Waals surface area (Å²) in [7, 11) is 0. The highest BCUT2D eigenvalue weighted by Gasteiger charge is 2.19. The smallest absolute Gasteiger partial charge is 0.257 e. The van der Waals surface area contributed by atoms with E-state index < -0.39 is 0 Å². The first kappa shape index (κ1) is 11.5. The van der Waals surface area contributed by atoms with Crippen LogP contribution in [0.4, 0.5) is 0 Å². The summed E-state index contributed by atoms with van der Waals surface area (Å²) in [4.78, 5) is 25.8. The van der Waals surface area contributed by atoms with Crippen LogP contribution in [0.25, 0.3) is 0 Å². The number of pyridine rings is 1. The van der Waals surface area contributed by atoms with Crippen molar-refractivity contribution in [1.82, 2.24) is 10.3 Å². The van der Waals surface area contributed by atoms with Gasteiger partial charge in [0.05, 0.1) is 0 Å². The minimum Gasteiger partial charge on any atom is -0.367 e. The molecule has 1 amide bonds. The van der Waals surface area contributed by atoms with Crippen LogP contribution < -0.4 is 10.7 Å². The number of aromatic amines is 1. The van der Waals surface area contributed by atoms with Crippen molar-refractivity contribution >= 4 is 5.91 Å². The Kier molecular flexibility index (Phi) is 3.29. The molecular formula is C11H16N2O2. The molecule has 0 spiro atoms. The van der Waals surface area contributed by atoms with E-state index in [2.05, 4.69) is 10.3 Å². The molecular weight excluding hydrogens is 192 g/mol. The van der Waals surface area contributed by atoms with Crippen molar-refractivity contribution in [2.45, 2.75) is 32.7 Å². The maximum Gasteiger partial charge on any atom is 0.257 e. The molecule has 0 saturated heterocycles. The van der Waals surface area contributed by atoms with Gasteiger partial charge in [-0.2, -0.15) is 0 Å². The van der Waals surface area contributed by atoms with E-state index in [1.807, 2.05) is 20.8 Å². The lowest BCUT2D eigenvalue weighted by atomic mass is 10.0. The summed E-state index contributed by atoms with van der Waals surface area (Å²) in [5.41, 5.74) is -0.406. The van der Waals surface area contributed by atoms with Crippen molar-refractivity contribution in [1.29, 1.82) is 0 Å². The molecule has 0 aliphatic heterocycles. The first-order chi connectivity index (χ1) is 6.96. The van der Waals surface area contributed by atoms with Crippen LogP contribution in [0.2, 0.25) is 0 Å². The van der Waals surface area contributed by atoms with Gasteiger partial charge in [-0.3, -0.25) is 9.59 Å². The number of carbonyl (C=O) groups is 1. The SMILES string of the molecule is CCC(C)(C)NC(=O)c1c[nH]ccc1=O. The van der Waals surface area contributed by atoms with E-state index in [0.717, 1.165) is 6.42 Å². The highest BCUT2D eigenvalue weighted by Crippen LogP contribution is 2.07. The van der Waals surface area contributed by atoms with E-state index in [1.54, 1.807) is 0 Å². The molecule has 0 fully saturated rings. The first-order valence-electron chi connectivity index (χ1n) is 4.96. The highest BCUT2D eigenvalue weighted by molar-refractivity contribution is 5.94. The molecule has 0 aromatic carbocycles. The average Bonchev–Trinajstić information content (AvgIpc) is 2.17. The number of amides is 1. The fraction of sp³-hybridized carbons (Fsp3) is 0.455. The van der Waals surface area contributed by atoms with Gasteiger partial charge < -0.3 is 10.3 Å². The molecule has 1 aromatic rings. The standard InChI is InChI=1S/C11H16N2O2/c1-4-11(2,3)13-10(15)8-7-12-6-5-9(8)14/h5-7H,4H2,1-3H3,(H,12,14)(H,13,15). The summed E-state index contributed by atoms with van der Waals surface area (Å²) in [5.74, 6) is -0.330. The van der Waals surface area contributed by atoms with E-state index in [-0.39, 0.29) is 22.4 Å². The predicted molar refractivity (Wildman–Crippen MR) is 58.9 cm³/mol. The largest absolute Gasteiger partial charge is 0.367 e. The third-order valence-corrected chi connectivity index (χ3v) is 2.40. The number of H-pyrrole nitrogens is 1. The van der Waals surface area contributed by atoms with Crippen LogP contribution in [-0.4, -0.2) is 16.4 Å².